The van der Waals surface area contributed by atoms with Crippen LogP contribution < -0.4 is 10.2 Å². The van der Waals surface area contributed by atoms with Crippen LogP contribution in [0.2, 0.25) is 0 Å². The molecule has 1 atom stereocenters. The molecule has 1 unspecified atom stereocenters. The molecule has 1 aliphatic heterocycles. The molecule has 1 N–H and O–H groups in total. The maximum atomic E-state index is 4.32. The SMILES string of the molecule is CCCNc1cncc(N(C)C2CCSC2)c1. The Balaban J connectivity index is 2.03. The average Bonchev–Trinajstić information content (AvgIpc) is 2.89. The molecule has 2 heterocycles. The lowest BCUT2D eigenvalue weighted by atomic mass is 10.2. The third-order valence-corrected chi connectivity index (χ3v) is 4.31. The van der Waals surface area contributed by atoms with Crippen LogP contribution in [0.1, 0.15) is 19.8 Å². The van der Waals surface area contributed by atoms with Crippen LogP contribution in [0.4, 0.5) is 11.4 Å². The van der Waals surface area contributed by atoms with Crippen LogP contribution in [0.3, 0.4) is 0 Å². The van der Waals surface area contributed by atoms with Crippen molar-refractivity contribution >= 4 is 23.1 Å². The van der Waals surface area contributed by atoms with E-state index >= 15 is 0 Å². The number of anilines is 2. The maximum Gasteiger partial charge on any atom is 0.0573 e. The van der Waals surface area contributed by atoms with Crippen LogP contribution >= 0.6 is 11.8 Å². The minimum Gasteiger partial charge on any atom is -0.384 e. The molecule has 1 aromatic heterocycles. The van der Waals surface area contributed by atoms with Crippen LogP contribution in [-0.4, -0.2) is 36.1 Å². The van der Waals surface area contributed by atoms with E-state index in [1.54, 1.807) is 0 Å². The van der Waals surface area contributed by atoms with Crippen LogP contribution in [-0.2, 0) is 0 Å². The van der Waals surface area contributed by atoms with E-state index in [9.17, 15) is 0 Å². The van der Waals surface area contributed by atoms with Gasteiger partial charge in [0.2, 0.25) is 0 Å². The first-order valence-corrected chi connectivity index (χ1v) is 7.46. The molecule has 4 heteroatoms. The van der Waals surface area contributed by atoms with Crippen LogP contribution in [0, 0.1) is 0 Å². The highest BCUT2D eigenvalue weighted by Crippen LogP contribution is 2.26. The summed E-state index contributed by atoms with van der Waals surface area (Å²) in [6.07, 6.45) is 6.28. The molecule has 1 fully saturated rings. The number of aromatic nitrogens is 1. The molecule has 0 spiro atoms. The van der Waals surface area contributed by atoms with Crippen LogP contribution in [0.15, 0.2) is 18.5 Å². The van der Waals surface area contributed by atoms with Gasteiger partial charge in [-0.15, -0.1) is 0 Å². The summed E-state index contributed by atoms with van der Waals surface area (Å²) in [7, 11) is 2.18. The number of thioether (sulfide) groups is 1. The molecule has 94 valence electrons. The van der Waals surface area contributed by atoms with Gasteiger partial charge in [0.05, 0.1) is 23.8 Å². The molecule has 2 rings (SSSR count). The van der Waals surface area contributed by atoms with E-state index in [1.165, 1.54) is 23.6 Å². The minimum absolute atomic E-state index is 0.670. The molecule has 0 aliphatic carbocycles. The topological polar surface area (TPSA) is 28.2 Å². The first-order valence-electron chi connectivity index (χ1n) is 6.30. The molecular weight excluding hydrogens is 230 g/mol. The molecule has 0 saturated carbocycles. The quantitative estimate of drug-likeness (QED) is 0.871. The van der Waals surface area contributed by atoms with E-state index < -0.39 is 0 Å². The number of hydrogen-bond donors (Lipinski definition) is 1. The largest absolute Gasteiger partial charge is 0.384 e. The fourth-order valence-corrected chi connectivity index (χ4v) is 3.29. The highest BCUT2D eigenvalue weighted by molar-refractivity contribution is 7.99. The highest BCUT2D eigenvalue weighted by atomic mass is 32.2. The summed E-state index contributed by atoms with van der Waals surface area (Å²) in [5.74, 6) is 2.53. The number of hydrogen-bond acceptors (Lipinski definition) is 4. The van der Waals surface area contributed by atoms with E-state index in [2.05, 4.69) is 35.2 Å². The van der Waals surface area contributed by atoms with Crippen LogP contribution in [0.25, 0.3) is 0 Å². The summed E-state index contributed by atoms with van der Waals surface area (Å²) >= 11 is 2.05. The van der Waals surface area contributed by atoms with Crippen LogP contribution in [0.5, 0.6) is 0 Å². The number of nitrogens with one attached hydrogen (secondary N) is 1. The molecule has 1 aromatic rings. The van der Waals surface area contributed by atoms with Crippen molar-refractivity contribution in [3.63, 3.8) is 0 Å². The fraction of sp³-hybridized carbons (Fsp3) is 0.615. The van der Waals surface area contributed by atoms with E-state index in [-0.39, 0.29) is 0 Å². The van der Waals surface area contributed by atoms with Gasteiger partial charge in [-0.2, -0.15) is 11.8 Å². The Hall–Kier alpha value is -0.900. The Kier molecular flexibility index (Phi) is 4.54. The smallest absolute Gasteiger partial charge is 0.0573 e. The van der Waals surface area contributed by atoms with Gasteiger partial charge in [-0.1, -0.05) is 6.92 Å². The predicted molar refractivity (Wildman–Crippen MR) is 77.2 cm³/mol. The van der Waals surface area contributed by atoms with Gasteiger partial charge in [-0.05, 0) is 24.7 Å². The van der Waals surface area contributed by atoms with Gasteiger partial charge in [0.1, 0.15) is 0 Å². The molecule has 1 saturated heterocycles. The van der Waals surface area contributed by atoms with Crippen molar-refractivity contribution in [2.75, 3.05) is 35.3 Å². The Bertz CT molecular complexity index is 350. The van der Waals surface area contributed by atoms with Gasteiger partial charge in [0, 0.05) is 25.4 Å². The molecule has 0 aromatic carbocycles. The molecular formula is C13H21N3S. The summed E-state index contributed by atoms with van der Waals surface area (Å²) in [6, 6.07) is 2.87. The normalized spacial score (nSPS) is 19.3. The summed E-state index contributed by atoms with van der Waals surface area (Å²) in [6.45, 7) is 3.18. The van der Waals surface area contributed by atoms with Gasteiger partial charge in [0.25, 0.3) is 0 Å². The second-order valence-electron chi connectivity index (χ2n) is 4.49. The second-order valence-corrected chi connectivity index (χ2v) is 5.64. The van der Waals surface area contributed by atoms with Gasteiger partial charge < -0.3 is 10.2 Å². The fourth-order valence-electron chi connectivity index (χ4n) is 2.03. The maximum absolute atomic E-state index is 4.32. The van der Waals surface area contributed by atoms with E-state index in [1.807, 2.05) is 24.2 Å². The van der Waals surface area contributed by atoms with Crippen molar-refractivity contribution in [2.45, 2.75) is 25.8 Å². The molecule has 0 amide bonds. The lowest BCUT2D eigenvalue weighted by molar-refractivity contribution is 0.699. The number of rotatable bonds is 5. The standard InChI is InChI=1S/C13H21N3S/c1-3-5-15-11-7-13(9-14-8-11)16(2)12-4-6-17-10-12/h7-9,12,15H,3-6,10H2,1-2H3. The first kappa shape index (κ1) is 12.6. The van der Waals surface area contributed by atoms with Gasteiger partial charge in [0.15, 0.2) is 0 Å². The lowest BCUT2D eigenvalue weighted by Crippen LogP contribution is -2.31. The second kappa shape index (κ2) is 6.15. The van der Waals surface area contributed by atoms with E-state index in [4.69, 9.17) is 0 Å². The third kappa shape index (κ3) is 3.28. The van der Waals surface area contributed by atoms with Crippen molar-refractivity contribution in [1.82, 2.24) is 4.98 Å². The molecule has 0 radical (unpaired) electrons. The first-order chi connectivity index (χ1) is 8.31. The van der Waals surface area contributed by atoms with Crippen molar-refractivity contribution in [3.8, 4) is 0 Å². The molecule has 17 heavy (non-hydrogen) atoms. The summed E-state index contributed by atoms with van der Waals surface area (Å²) in [5.41, 5.74) is 2.35. The van der Waals surface area contributed by atoms with E-state index in [0.717, 1.165) is 18.7 Å². The zero-order valence-corrected chi connectivity index (χ0v) is 11.5. The van der Waals surface area contributed by atoms with Crippen molar-refractivity contribution < 1.29 is 0 Å². The molecule has 0 bridgehead atoms. The van der Waals surface area contributed by atoms with Gasteiger partial charge in [-0.25, -0.2) is 0 Å². The predicted octanol–water partition coefficient (Wildman–Crippen LogP) is 2.85. The Morgan fingerprint density at radius 1 is 1.53 bits per heavy atom. The zero-order valence-electron chi connectivity index (χ0n) is 10.6. The Morgan fingerprint density at radius 2 is 2.41 bits per heavy atom. The number of pyridine rings is 1. The van der Waals surface area contributed by atoms with Gasteiger partial charge in [-0.3, -0.25) is 4.98 Å². The number of nitrogens with zero attached hydrogens (tertiary/aromatic N) is 2. The minimum atomic E-state index is 0.670. The molecule has 1 aliphatic rings. The summed E-state index contributed by atoms with van der Waals surface area (Å²) < 4.78 is 0. The Morgan fingerprint density at radius 3 is 3.12 bits per heavy atom. The van der Waals surface area contributed by atoms with Crippen molar-refractivity contribution in [3.05, 3.63) is 18.5 Å². The van der Waals surface area contributed by atoms with Crippen molar-refractivity contribution in [1.29, 1.82) is 0 Å². The third-order valence-electron chi connectivity index (χ3n) is 3.16. The summed E-state index contributed by atoms with van der Waals surface area (Å²) in [5, 5.41) is 3.39. The monoisotopic (exact) mass is 251 g/mol. The Labute approximate surface area is 108 Å². The van der Waals surface area contributed by atoms with Gasteiger partial charge >= 0.3 is 0 Å². The lowest BCUT2D eigenvalue weighted by Gasteiger charge is -2.26. The zero-order chi connectivity index (χ0) is 12.1. The van der Waals surface area contributed by atoms with Crippen molar-refractivity contribution in [2.24, 2.45) is 0 Å². The summed E-state index contributed by atoms with van der Waals surface area (Å²) in [4.78, 5) is 6.68. The highest BCUT2D eigenvalue weighted by Gasteiger charge is 2.20. The molecule has 3 nitrogen and oxygen atoms in total. The average molecular weight is 251 g/mol. The van der Waals surface area contributed by atoms with E-state index in [0.29, 0.717) is 6.04 Å².